The first kappa shape index (κ1) is 66.8. The summed E-state index contributed by atoms with van der Waals surface area (Å²) in [7, 11) is 3.19. The third-order valence-electron chi connectivity index (χ3n) is 10.9. The van der Waals surface area contributed by atoms with Gasteiger partial charge in [-0.3, -0.25) is 4.79 Å². The first-order valence-corrected chi connectivity index (χ1v) is 26.6. The van der Waals surface area contributed by atoms with Gasteiger partial charge < -0.3 is 90.7 Å². The van der Waals surface area contributed by atoms with Gasteiger partial charge in [-0.15, -0.1) is 0 Å². The van der Waals surface area contributed by atoms with Gasteiger partial charge >= 0.3 is 5.97 Å². The van der Waals surface area contributed by atoms with Gasteiger partial charge in [-0.25, -0.2) is 19.7 Å². The molecule has 0 spiro atoms. The number of rotatable bonds is 49. The molecule has 4 aromatic rings. The first-order chi connectivity index (χ1) is 39.1. The van der Waals surface area contributed by atoms with Gasteiger partial charge in [0, 0.05) is 24.8 Å². The van der Waals surface area contributed by atoms with Crippen LogP contribution in [0.3, 0.4) is 0 Å². The second-order valence-electron chi connectivity index (χ2n) is 17.0. The molecule has 0 radical (unpaired) electrons. The van der Waals surface area contributed by atoms with Crippen molar-refractivity contribution in [1.29, 1.82) is 0 Å². The number of aromatic nitrogens is 3. The largest absolute Gasteiger partial charge is 0.507 e. The maximum Gasteiger partial charge on any atom is 0.347 e. The summed E-state index contributed by atoms with van der Waals surface area (Å²) >= 11 is 0. The average molecular weight is 1130 g/mol. The summed E-state index contributed by atoms with van der Waals surface area (Å²) < 4.78 is 92.7. The van der Waals surface area contributed by atoms with Crippen molar-refractivity contribution in [1.82, 2.24) is 15.0 Å². The van der Waals surface area contributed by atoms with Crippen LogP contribution >= 0.6 is 0 Å². The zero-order chi connectivity index (χ0) is 57.3. The minimum absolute atomic E-state index is 0.00435. The number of benzene rings is 3. The van der Waals surface area contributed by atoms with Crippen molar-refractivity contribution >= 4 is 11.8 Å². The number of aromatic hydroxyl groups is 2. The fraction of sp³-hybridized carbons (Fsp3) is 0.589. The van der Waals surface area contributed by atoms with E-state index < -0.39 is 18.2 Å². The van der Waals surface area contributed by atoms with Crippen LogP contribution in [0, 0.1) is 0 Å². The first-order valence-electron chi connectivity index (χ1n) is 26.6. The van der Waals surface area contributed by atoms with Crippen LogP contribution in [0.5, 0.6) is 28.7 Å². The van der Waals surface area contributed by atoms with Crippen LogP contribution in [-0.4, -0.2) is 235 Å². The van der Waals surface area contributed by atoms with Gasteiger partial charge in [-0.05, 0) is 69.3 Å². The van der Waals surface area contributed by atoms with Crippen LogP contribution in [0.15, 0.2) is 60.7 Å². The Bertz CT molecular complexity index is 2280. The molecule has 0 aliphatic rings. The molecule has 4 rings (SSSR count). The van der Waals surface area contributed by atoms with Crippen molar-refractivity contribution in [2.45, 2.75) is 33.0 Å². The molecule has 0 fully saturated rings. The number of carbonyl (C=O) groups is 2. The fourth-order valence-corrected chi connectivity index (χ4v) is 6.55. The number of nitrogens with zero attached hydrogens (tertiary/aromatic N) is 3. The van der Waals surface area contributed by atoms with E-state index in [-0.39, 0.29) is 70.6 Å². The molecule has 2 N–H and O–H groups in total. The number of methoxy groups -OCH3 is 2. The topological polar surface area (TPSA) is 270 Å². The lowest BCUT2D eigenvalue weighted by Crippen LogP contribution is -2.27. The smallest absolute Gasteiger partial charge is 0.347 e. The number of ether oxygens (including phenoxy) is 17. The van der Waals surface area contributed by atoms with Crippen LogP contribution in [0.4, 0.5) is 0 Å². The van der Waals surface area contributed by atoms with E-state index in [9.17, 15) is 19.8 Å². The number of hydrogen-bond acceptors (Lipinski definition) is 24. The summed E-state index contributed by atoms with van der Waals surface area (Å²) in [5, 5.41) is 22.2. The van der Waals surface area contributed by atoms with Gasteiger partial charge in [0.05, 0.1) is 183 Å². The standard InChI is InChI=1S/C56H81N3O21/c1-42(60)43(2)79-47-10-12-49(51(61)40-47)54-57-53(45-6-8-46(65-5)9-7-45)58-55(59-54)50-13-11-48(41-52(50)62)80-44(3)56(63)78-39-38-77-37-36-76-35-34-75-33-32-74-31-30-73-29-28-72-27-26-71-25-24-70-23-22-69-21-20-68-19-18-67-17-16-66-15-14-64-4/h6-13,40-41,43-44,61-62H,14-39H2,1-5H3. The van der Waals surface area contributed by atoms with Crippen molar-refractivity contribution in [3.63, 3.8) is 0 Å². The Balaban J connectivity index is 0.953. The molecule has 0 saturated heterocycles. The predicted molar refractivity (Wildman–Crippen MR) is 290 cm³/mol. The molecule has 0 amide bonds. The highest BCUT2D eigenvalue weighted by molar-refractivity contribution is 5.80. The molecule has 80 heavy (non-hydrogen) atoms. The normalized spacial score (nSPS) is 12.1. The highest BCUT2D eigenvalue weighted by Crippen LogP contribution is 2.36. The molecule has 1 heterocycles. The van der Waals surface area contributed by atoms with Crippen LogP contribution in [0.1, 0.15) is 20.8 Å². The van der Waals surface area contributed by atoms with E-state index >= 15 is 0 Å². The number of Topliss-reactive ketones (excluding diaryl/α,β-unsaturated/α-hetero) is 1. The molecule has 0 aliphatic heterocycles. The van der Waals surface area contributed by atoms with Gasteiger partial charge in [0.2, 0.25) is 0 Å². The number of phenolic OH excluding ortho intramolecular Hbond substituents is 2. The van der Waals surface area contributed by atoms with Crippen molar-refractivity contribution < 1.29 is 100 Å². The van der Waals surface area contributed by atoms with E-state index in [4.69, 9.17) is 80.5 Å². The molecule has 0 bridgehead atoms. The summed E-state index contributed by atoms with van der Waals surface area (Å²) in [4.78, 5) is 38.3. The molecule has 2 unspecified atom stereocenters. The van der Waals surface area contributed by atoms with E-state index in [1.54, 1.807) is 63.6 Å². The maximum atomic E-state index is 12.7. The number of phenols is 2. The summed E-state index contributed by atoms with van der Waals surface area (Å²) in [6, 6.07) is 16.0. The van der Waals surface area contributed by atoms with Gasteiger partial charge in [0.25, 0.3) is 0 Å². The van der Waals surface area contributed by atoms with Crippen LogP contribution in [0.25, 0.3) is 34.2 Å². The zero-order valence-corrected chi connectivity index (χ0v) is 46.8. The quantitative estimate of drug-likeness (QED) is 0.0444. The summed E-state index contributed by atoms with van der Waals surface area (Å²) in [5.74, 6) is 0.280. The molecular formula is C56H81N3O21. The minimum atomic E-state index is -1.02. The van der Waals surface area contributed by atoms with Gasteiger partial charge in [-0.1, -0.05) is 0 Å². The Kier molecular flexibility index (Phi) is 35.2. The molecule has 24 heteroatoms. The van der Waals surface area contributed by atoms with Crippen molar-refractivity contribution in [3.05, 3.63) is 60.7 Å². The summed E-state index contributed by atoms with van der Waals surface area (Å²) in [6.45, 7) is 15.8. The minimum Gasteiger partial charge on any atom is -0.507 e. The number of carbonyl (C=O) groups excluding carboxylic acids is 2. The van der Waals surface area contributed by atoms with Crippen molar-refractivity contribution in [2.24, 2.45) is 0 Å². The monoisotopic (exact) mass is 1130 g/mol. The Hall–Kier alpha value is -5.71. The van der Waals surface area contributed by atoms with Gasteiger partial charge in [0.1, 0.15) is 35.4 Å². The third kappa shape index (κ3) is 28.6. The maximum absolute atomic E-state index is 12.7. The molecule has 1 aromatic heterocycles. The Morgan fingerprint density at radius 1 is 0.400 bits per heavy atom. The van der Waals surface area contributed by atoms with Crippen LogP contribution < -0.4 is 14.2 Å². The van der Waals surface area contributed by atoms with E-state index in [1.165, 1.54) is 32.0 Å². The van der Waals surface area contributed by atoms with E-state index in [0.717, 1.165) is 0 Å². The zero-order valence-electron chi connectivity index (χ0n) is 46.8. The lowest BCUT2D eigenvalue weighted by atomic mass is 10.1. The van der Waals surface area contributed by atoms with Crippen LogP contribution in [-0.2, 0) is 75.9 Å². The van der Waals surface area contributed by atoms with Gasteiger partial charge in [0.15, 0.2) is 35.5 Å². The Morgan fingerprint density at radius 3 is 1.01 bits per heavy atom. The lowest BCUT2D eigenvalue weighted by Gasteiger charge is -2.15. The number of ketones is 1. The third-order valence-corrected chi connectivity index (χ3v) is 10.9. The van der Waals surface area contributed by atoms with Gasteiger partial charge in [-0.2, -0.15) is 0 Å². The van der Waals surface area contributed by atoms with Crippen molar-refractivity contribution in [3.8, 4) is 62.9 Å². The van der Waals surface area contributed by atoms with E-state index in [0.29, 0.717) is 170 Å². The molecule has 3 aromatic carbocycles. The number of esters is 1. The summed E-state index contributed by atoms with van der Waals surface area (Å²) in [6.07, 6.45) is -1.73. The Morgan fingerprint density at radius 2 is 0.700 bits per heavy atom. The predicted octanol–water partition coefficient (Wildman–Crippen LogP) is 4.80. The van der Waals surface area contributed by atoms with E-state index in [1.807, 2.05) is 0 Å². The summed E-state index contributed by atoms with van der Waals surface area (Å²) in [5.41, 5.74) is 1.09. The molecule has 446 valence electrons. The van der Waals surface area contributed by atoms with Crippen LogP contribution in [0.2, 0.25) is 0 Å². The Labute approximate surface area is 468 Å². The highest BCUT2D eigenvalue weighted by Gasteiger charge is 2.21. The van der Waals surface area contributed by atoms with Crippen molar-refractivity contribution in [2.75, 3.05) is 186 Å². The molecular weight excluding hydrogens is 1050 g/mol. The SMILES string of the molecule is COCCOCCOCCOCCOCCOCCOCCOCCOCCOCCOCCOCCOCCOC(=O)C(C)Oc1ccc(-c2nc(-c3ccc(OC)cc3)nc(-c3ccc(OC(C)C(C)=O)cc3O)n2)c(O)c1. The lowest BCUT2D eigenvalue weighted by molar-refractivity contribution is -0.152. The second-order valence-corrected chi connectivity index (χ2v) is 17.0. The fourth-order valence-electron chi connectivity index (χ4n) is 6.55. The average Bonchev–Trinajstić information content (AvgIpc) is 3.46. The molecule has 0 aliphatic carbocycles. The molecule has 0 saturated carbocycles. The highest BCUT2D eigenvalue weighted by atomic mass is 16.6. The van der Waals surface area contributed by atoms with E-state index in [2.05, 4.69) is 15.0 Å². The molecule has 2 atom stereocenters. The molecule has 24 nitrogen and oxygen atoms in total. The number of hydrogen-bond donors (Lipinski definition) is 2. The second kappa shape index (κ2) is 42.2.